The van der Waals surface area contributed by atoms with Crippen LogP contribution in [0.1, 0.15) is 61.7 Å². The zero-order valence-corrected chi connectivity index (χ0v) is 14.2. The molecule has 3 nitrogen and oxygen atoms in total. The van der Waals surface area contributed by atoms with Gasteiger partial charge in [0.2, 0.25) is 5.95 Å². The Morgan fingerprint density at radius 2 is 2.10 bits per heavy atom. The first-order valence-electron chi connectivity index (χ1n) is 7.71. The minimum absolute atomic E-state index is 0.228. The number of anilines is 1. The zero-order valence-electron chi connectivity index (χ0n) is 12.6. The van der Waals surface area contributed by atoms with E-state index < -0.39 is 0 Å². The second-order valence-corrected chi connectivity index (χ2v) is 7.66. The summed E-state index contributed by atoms with van der Waals surface area (Å²) < 4.78 is 3.19. The predicted octanol–water partition coefficient (Wildman–Crippen LogP) is 5.58. The summed E-state index contributed by atoms with van der Waals surface area (Å²) in [6.45, 7) is 4.23. The van der Waals surface area contributed by atoms with Gasteiger partial charge in [0, 0.05) is 17.1 Å². The summed E-state index contributed by atoms with van der Waals surface area (Å²) in [5.74, 6) is 0.997. The maximum absolute atomic E-state index is 6.03. The van der Waals surface area contributed by atoms with Crippen molar-refractivity contribution in [1.29, 1.82) is 0 Å². The number of thiophene rings is 1. The number of halogens is 1. The summed E-state index contributed by atoms with van der Waals surface area (Å²) in [5.41, 5.74) is 1.08. The maximum atomic E-state index is 6.03. The number of hydrogen-bond acceptors (Lipinski definition) is 3. The number of rotatable bonds is 4. The molecule has 1 unspecified atom stereocenters. The van der Waals surface area contributed by atoms with Crippen molar-refractivity contribution in [3.8, 4) is 0 Å². The van der Waals surface area contributed by atoms with Crippen molar-refractivity contribution in [1.82, 2.24) is 9.55 Å². The first kappa shape index (κ1) is 14.9. The lowest BCUT2D eigenvalue weighted by atomic mass is 9.95. The second kappa shape index (κ2) is 6.41. The number of imidazole rings is 1. The molecule has 0 spiro atoms. The Bertz CT molecular complexity index is 598. The van der Waals surface area contributed by atoms with Gasteiger partial charge < -0.3 is 9.88 Å². The van der Waals surface area contributed by atoms with Crippen molar-refractivity contribution in [2.75, 3.05) is 5.32 Å². The van der Waals surface area contributed by atoms with E-state index in [0.717, 1.165) is 16.0 Å². The first-order chi connectivity index (χ1) is 10.1. The van der Waals surface area contributed by atoms with Crippen LogP contribution in [0.25, 0.3) is 0 Å². The van der Waals surface area contributed by atoms with Gasteiger partial charge >= 0.3 is 0 Å². The molecule has 1 aliphatic rings. The minimum Gasteiger partial charge on any atom is -0.348 e. The Kier molecular flexibility index (Phi) is 4.55. The SMILES string of the molecule is Cc1cn(C2CCCCC2)c(NC(C)c2ccc(Cl)s2)n1. The lowest BCUT2D eigenvalue weighted by molar-refractivity contribution is 0.355. The number of aryl methyl sites for hydroxylation is 1. The average molecular weight is 324 g/mol. The first-order valence-corrected chi connectivity index (χ1v) is 8.90. The third kappa shape index (κ3) is 3.43. The van der Waals surface area contributed by atoms with Crippen LogP contribution in [0.3, 0.4) is 0 Å². The van der Waals surface area contributed by atoms with Gasteiger partial charge in [0.1, 0.15) is 0 Å². The van der Waals surface area contributed by atoms with Gasteiger partial charge in [0.05, 0.1) is 16.1 Å². The molecule has 1 N–H and O–H groups in total. The van der Waals surface area contributed by atoms with Crippen LogP contribution in [0.2, 0.25) is 4.34 Å². The van der Waals surface area contributed by atoms with E-state index in [1.807, 2.05) is 6.07 Å². The molecular formula is C16H22ClN3S. The number of nitrogens with zero attached hydrogens (tertiary/aromatic N) is 2. The van der Waals surface area contributed by atoms with Crippen LogP contribution in [0.15, 0.2) is 18.3 Å². The van der Waals surface area contributed by atoms with E-state index in [4.69, 9.17) is 11.6 Å². The molecule has 2 aromatic rings. The Morgan fingerprint density at radius 1 is 1.33 bits per heavy atom. The van der Waals surface area contributed by atoms with Crippen molar-refractivity contribution in [2.24, 2.45) is 0 Å². The fourth-order valence-electron chi connectivity index (χ4n) is 3.09. The van der Waals surface area contributed by atoms with Gasteiger partial charge in [-0.15, -0.1) is 11.3 Å². The Hall–Kier alpha value is -1.00. The fourth-order valence-corrected chi connectivity index (χ4v) is 4.15. The molecule has 21 heavy (non-hydrogen) atoms. The summed E-state index contributed by atoms with van der Waals surface area (Å²) >= 11 is 7.66. The molecule has 0 bridgehead atoms. The highest BCUT2D eigenvalue weighted by Crippen LogP contribution is 2.33. The predicted molar refractivity (Wildman–Crippen MR) is 90.5 cm³/mol. The van der Waals surface area contributed by atoms with Crippen LogP contribution in [0.5, 0.6) is 0 Å². The molecule has 2 aromatic heterocycles. The monoisotopic (exact) mass is 323 g/mol. The van der Waals surface area contributed by atoms with Crippen LogP contribution < -0.4 is 5.32 Å². The largest absolute Gasteiger partial charge is 0.348 e. The van der Waals surface area contributed by atoms with E-state index in [9.17, 15) is 0 Å². The third-order valence-corrected chi connectivity index (χ3v) is 5.60. The molecule has 114 valence electrons. The molecule has 1 fully saturated rings. The fraction of sp³-hybridized carbons (Fsp3) is 0.562. The van der Waals surface area contributed by atoms with Crippen molar-refractivity contribution < 1.29 is 0 Å². The molecule has 3 rings (SSSR count). The number of nitrogens with one attached hydrogen (secondary N) is 1. The molecule has 0 aromatic carbocycles. The molecule has 0 aliphatic heterocycles. The highest BCUT2D eigenvalue weighted by molar-refractivity contribution is 7.16. The number of hydrogen-bond donors (Lipinski definition) is 1. The summed E-state index contributed by atoms with van der Waals surface area (Å²) in [7, 11) is 0. The Morgan fingerprint density at radius 3 is 2.76 bits per heavy atom. The average Bonchev–Trinajstić information content (AvgIpc) is 3.06. The topological polar surface area (TPSA) is 29.9 Å². The van der Waals surface area contributed by atoms with Crippen LogP contribution >= 0.6 is 22.9 Å². The van der Waals surface area contributed by atoms with Gasteiger partial charge in [0.15, 0.2) is 0 Å². The van der Waals surface area contributed by atoms with E-state index in [2.05, 4.69) is 41.0 Å². The summed E-state index contributed by atoms with van der Waals surface area (Å²) in [6.07, 6.45) is 8.76. The molecule has 5 heteroatoms. The highest BCUT2D eigenvalue weighted by atomic mass is 35.5. The number of aromatic nitrogens is 2. The normalized spacial score (nSPS) is 17.9. The van der Waals surface area contributed by atoms with Gasteiger partial charge in [-0.1, -0.05) is 30.9 Å². The van der Waals surface area contributed by atoms with Crippen LogP contribution in [-0.4, -0.2) is 9.55 Å². The summed E-state index contributed by atoms with van der Waals surface area (Å²) in [5, 5.41) is 3.56. The van der Waals surface area contributed by atoms with E-state index in [0.29, 0.717) is 6.04 Å². The van der Waals surface area contributed by atoms with Crippen molar-refractivity contribution in [3.05, 3.63) is 33.2 Å². The molecule has 2 heterocycles. The smallest absolute Gasteiger partial charge is 0.203 e. The van der Waals surface area contributed by atoms with Gasteiger partial charge in [-0.05, 0) is 38.8 Å². The second-order valence-electron chi connectivity index (χ2n) is 5.91. The molecule has 0 saturated heterocycles. The molecular weight excluding hydrogens is 302 g/mol. The lowest BCUT2D eigenvalue weighted by Crippen LogP contribution is -2.16. The van der Waals surface area contributed by atoms with E-state index in [1.54, 1.807) is 11.3 Å². The highest BCUT2D eigenvalue weighted by Gasteiger charge is 2.20. The van der Waals surface area contributed by atoms with Crippen LogP contribution in [0, 0.1) is 6.92 Å². The molecule has 0 radical (unpaired) electrons. The van der Waals surface area contributed by atoms with Gasteiger partial charge in [-0.2, -0.15) is 0 Å². The quantitative estimate of drug-likeness (QED) is 0.795. The molecule has 1 atom stereocenters. The maximum Gasteiger partial charge on any atom is 0.203 e. The molecule has 0 amide bonds. The van der Waals surface area contributed by atoms with E-state index >= 15 is 0 Å². The standard InChI is InChI=1S/C16H22ClN3S/c1-11-10-20(13-6-4-3-5-7-13)16(18-11)19-12(2)14-8-9-15(17)21-14/h8-10,12-13H,3-7H2,1-2H3,(H,18,19). The summed E-state index contributed by atoms with van der Waals surface area (Å²) in [4.78, 5) is 5.93. The van der Waals surface area contributed by atoms with E-state index in [-0.39, 0.29) is 6.04 Å². The van der Waals surface area contributed by atoms with Gasteiger partial charge in [-0.3, -0.25) is 0 Å². The summed E-state index contributed by atoms with van der Waals surface area (Å²) in [6, 6.07) is 4.87. The van der Waals surface area contributed by atoms with Gasteiger partial charge in [0.25, 0.3) is 0 Å². The Labute approximate surface area is 135 Å². The van der Waals surface area contributed by atoms with Crippen molar-refractivity contribution in [3.63, 3.8) is 0 Å². The van der Waals surface area contributed by atoms with Crippen molar-refractivity contribution in [2.45, 2.75) is 58.0 Å². The third-order valence-electron chi connectivity index (χ3n) is 4.19. The molecule has 1 aliphatic carbocycles. The zero-order chi connectivity index (χ0) is 14.8. The van der Waals surface area contributed by atoms with E-state index in [1.165, 1.54) is 37.0 Å². The Balaban J connectivity index is 1.78. The van der Waals surface area contributed by atoms with Crippen LogP contribution in [-0.2, 0) is 0 Å². The minimum atomic E-state index is 0.228. The van der Waals surface area contributed by atoms with Crippen LogP contribution in [0.4, 0.5) is 5.95 Å². The van der Waals surface area contributed by atoms with Gasteiger partial charge in [-0.25, -0.2) is 4.98 Å². The molecule has 1 saturated carbocycles. The lowest BCUT2D eigenvalue weighted by Gasteiger charge is -2.25. The van der Waals surface area contributed by atoms with Crippen molar-refractivity contribution >= 4 is 28.9 Å².